The molecule has 4 heterocycles. The minimum absolute atomic E-state index is 0.245. The zero-order valence-corrected chi connectivity index (χ0v) is 23.0. The molecule has 2 aliphatic heterocycles. The van der Waals surface area contributed by atoms with Crippen LogP contribution < -0.4 is 9.64 Å². The van der Waals surface area contributed by atoms with Gasteiger partial charge in [0.15, 0.2) is 6.10 Å². The minimum Gasteiger partial charge on any atom is -0.492 e. The zero-order valence-electron chi connectivity index (χ0n) is 23.0. The quantitative estimate of drug-likeness (QED) is 0.501. The molecule has 2 aromatic heterocycles. The monoisotopic (exact) mass is 511 g/mol. The number of pyridine rings is 2. The van der Waals surface area contributed by atoms with Crippen molar-refractivity contribution in [2.75, 3.05) is 37.8 Å². The Morgan fingerprint density at radius 3 is 2.51 bits per heavy atom. The summed E-state index contributed by atoms with van der Waals surface area (Å²) in [7, 11) is 0. The molecular formula is C29H41N3O5. The standard InChI is InChI=1S/C29H41N3O5/c1-19-24(26(27(33)34)37-28(2,3)4)25(32-12-10-29(5,6)11-13-32)22(16-30-19)23-8-7-21(15-31-23)36-18-20-9-14-35-17-20/h7-8,15-16,20,26H,9-14,17-18H2,1-6H3,(H,33,34)/t20-,26-/m0/s1. The molecule has 2 aromatic rings. The minimum atomic E-state index is -1.14. The molecule has 2 saturated heterocycles. The normalized spacial score (nSPS) is 20.6. The Labute approximate surface area is 220 Å². The molecule has 0 spiro atoms. The van der Waals surface area contributed by atoms with Crippen molar-refractivity contribution in [2.24, 2.45) is 11.3 Å². The Morgan fingerprint density at radius 2 is 1.95 bits per heavy atom. The average molecular weight is 512 g/mol. The number of nitrogens with zero attached hydrogens (tertiary/aromatic N) is 3. The number of aliphatic carboxylic acids is 1. The molecule has 2 aliphatic rings. The molecule has 2 atom stereocenters. The van der Waals surface area contributed by atoms with E-state index in [0.717, 1.165) is 62.5 Å². The molecule has 0 bridgehead atoms. The van der Waals surface area contributed by atoms with Crippen LogP contribution in [0.2, 0.25) is 0 Å². The van der Waals surface area contributed by atoms with Gasteiger partial charge in [-0.1, -0.05) is 13.8 Å². The predicted molar refractivity (Wildman–Crippen MR) is 143 cm³/mol. The van der Waals surface area contributed by atoms with Crippen molar-refractivity contribution < 1.29 is 24.1 Å². The number of hydrogen-bond donors (Lipinski definition) is 1. The third-order valence-corrected chi connectivity index (χ3v) is 7.20. The summed E-state index contributed by atoms with van der Waals surface area (Å²) in [6, 6.07) is 3.84. The molecule has 0 saturated carbocycles. The number of aromatic nitrogens is 2. The number of rotatable bonds is 8. The maximum atomic E-state index is 12.5. The summed E-state index contributed by atoms with van der Waals surface area (Å²) in [5.41, 5.74) is 3.23. The van der Waals surface area contributed by atoms with Crippen molar-refractivity contribution in [1.82, 2.24) is 9.97 Å². The SMILES string of the molecule is Cc1ncc(-c2ccc(OC[C@H]3CCOC3)cn2)c(N2CCC(C)(C)CC2)c1[C@H](OC(C)(C)C)C(=O)O. The zero-order chi connectivity index (χ0) is 26.8. The Hall–Kier alpha value is -2.71. The molecule has 0 aromatic carbocycles. The molecule has 0 amide bonds. The predicted octanol–water partition coefficient (Wildman–Crippen LogP) is 5.43. The summed E-state index contributed by atoms with van der Waals surface area (Å²) in [5, 5.41) is 10.3. The van der Waals surface area contributed by atoms with Gasteiger partial charge >= 0.3 is 5.97 Å². The van der Waals surface area contributed by atoms with E-state index < -0.39 is 17.7 Å². The highest BCUT2D eigenvalue weighted by molar-refractivity contribution is 5.85. The van der Waals surface area contributed by atoms with Gasteiger partial charge in [0.05, 0.1) is 36.4 Å². The average Bonchev–Trinajstić information content (AvgIpc) is 3.35. The summed E-state index contributed by atoms with van der Waals surface area (Å²) >= 11 is 0. The Bertz CT molecular complexity index is 1080. The van der Waals surface area contributed by atoms with Gasteiger partial charge in [-0.05, 0) is 64.5 Å². The van der Waals surface area contributed by atoms with Crippen molar-refractivity contribution in [3.63, 3.8) is 0 Å². The summed E-state index contributed by atoms with van der Waals surface area (Å²) in [6.45, 7) is 15.8. The van der Waals surface area contributed by atoms with Crippen LogP contribution in [0.3, 0.4) is 0 Å². The molecule has 8 nitrogen and oxygen atoms in total. The number of carboxylic acids is 1. The smallest absolute Gasteiger partial charge is 0.337 e. The van der Waals surface area contributed by atoms with Gasteiger partial charge in [0.25, 0.3) is 0 Å². The summed E-state index contributed by atoms with van der Waals surface area (Å²) in [6.07, 6.45) is 5.43. The van der Waals surface area contributed by atoms with Gasteiger partial charge in [-0.15, -0.1) is 0 Å². The van der Waals surface area contributed by atoms with Gasteiger partial charge in [-0.25, -0.2) is 4.79 Å². The number of ether oxygens (including phenoxy) is 3. The number of aryl methyl sites for hydroxylation is 1. The lowest BCUT2D eigenvalue weighted by atomic mass is 9.82. The van der Waals surface area contributed by atoms with E-state index in [1.165, 1.54) is 0 Å². The number of carbonyl (C=O) groups is 1. The molecule has 0 unspecified atom stereocenters. The van der Waals surface area contributed by atoms with Crippen LogP contribution in [-0.2, 0) is 14.3 Å². The largest absolute Gasteiger partial charge is 0.492 e. The van der Waals surface area contributed by atoms with E-state index in [9.17, 15) is 9.90 Å². The number of anilines is 1. The van der Waals surface area contributed by atoms with Crippen LogP contribution >= 0.6 is 0 Å². The van der Waals surface area contributed by atoms with Crippen molar-refractivity contribution in [3.8, 4) is 17.0 Å². The fourth-order valence-electron chi connectivity index (χ4n) is 4.93. The molecule has 8 heteroatoms. The third kappa shape index (κ3) is 6.79. The first-order valence-corrected chi connectivity index (χ1v) is 13.3. The summed E-state index contributed by atoms with van der Waals surface area (Å²) in [5.74, 6) is 0.0918. The van der Waals surface area contributed by atoms with E-state index in [4.69, 9.17) is 19.2 Å². The van der Waals surface area contributed by atoms with Crippen LogP contribution in [0.4, 0.5) is 5.69 Å². The fourth-order valence-corrected chi connectivity index (χ4v) is 4.93. The topological polar surface area (TPSA) is 94.0 Å². The second-order valence-electron chi connectivity index (χ2n) is 12.0. The lowest BCUT2D eigenvalue weighted by Crippen LogP contribution is -2.39. The second-order valence-corrected chi connectivity index (χ2v) is 12.0. The molecule has 0 radical (unpaired) electrons. The van der Waals surface area contributed by atoms with Crippen molar-refractivity contribution >= 4 is 11.7 Å². The van der Waals surface area contributed by atoms with Gasteiger partial charge in [-0.3, -0.25) is 9.97 Å². The molecular weight excluding hydrogens is 470 g/mol. The Kier molecular flexibility index (Phi) is 8.09. The van der Waals surface area contributed by atoms with Gasteiger partial charge in [0.1, 0.15) is 5.75 Å². The lowest BCUT2D eigenvalue weighted by Gasteiger charge is -2.40. The highest BCUT2D eigenvalue weighted by Crippen LogP contribution is 2.43. The van der Waals surface area contributed by atoms with Crippen molar-refractivity contribution in [3.05, 3.63) is 35.8 Å². The third-order valence-electron chi connectivity index (χ3n) is 7.20. The second kappa shape index (κ2) is 11.0. The van der Waals surface area contributed by atoms with Crippen LogP contribution in [0, 0.1) is 18.3 Å². The summed E-state index contributed by atoms with van der Waals surface area (Å²) < 4.78 is 17.5. The Morgan fingerprint density at radius 1 is 1.22 bits per heavy atom. The lowest BCUT2D eigenvalue weighted by molar-refractivity contribution is -0.160. The van der Waals surface area contributed by atoms with Gasteiger partial charge < -0.3 is 24.2 Å². The Balaban J connectivity index is 1.73. The molecule has 37 heavy (non-hydrogen) atoms. The first-order valence-electron chi connectivity index (χ1n) is 13.3. The first-order chi connectivity index (χ1) is 17.4. The van der Waals surface area contributed by atoms with E-state index >= 15 is 0 Å². The van der Waals surface area contributed by atoms with Gasteiger partial charge in [0.2, 0.25) is 0 Å². The number of hydrogen-bond acceptors (Lipinski definition) is 7. The molecule has 202 valence electrons. The first kappa shape index (κ1) is 27.3. The van der Waals surface area contributed by atoms with E-state index in [1.807, 2.05) is 46.0 Å². The molecule has 0 aliphatic carbocycles. The molecule has 1 N–H and O–H groups in total. The van der Waals surface area contributed by atoms with Gasteiger partial charge in [-0.2, -0.15) is 0 Å². The van der Waals surface area contributed by atoms with Crippen LogP contribution in [0.1, 0.15) is 71.2 Å². The molecule has 2 fully saturated rings. The maximum Gasteiger partial charge on any atom is 0.337 e. The summed E-state index contributed by atoms with van der Waals surface area (Å²) in [4.78, 5) is 24.2. The number of carboxylic acid groups (broad SMARTS) is 1. The van der Waals surface area contributed by atoms with E-state index in [-0.39, 0.29) is 5.41 Å². The van der Waals surface area contributed by atoms with Crippen molar-refractivity contribution in [2.45, 2.75) is 72.5 Å². The van der Waals surface area contributed by atoms with Crippen molar-refractivity contribution in [1.29, 1.82) is 0 Å². The molecule has 4 rings (SSSR count). The van der Waals surface area contributed by atoms with E-state index in [2.05, 4.69) is 23.7 Å². The van der Waals surface area contributed by atoms with Crippen LogP contribution in [-0.4, -0.2) is 59.6 Å². The van der Waals surface area contributed by atoms with E-state index in [0.29, 0.717) is 29.5 Å². The van der Waals surface area contributed by atoms with Crippen LogP contribution in [0.15, 0.2) is 24.5 Å². The fraction of sp³-hybridized carbons (Fsp3) is 0.621. The van der Waals surface area contributed by atoms with Gasteiger partial charge in [0, 0.05) is 48.6 Å². The number of piperidine rings is 1. The van der Waals surface area contributed by atoms with E-state index in [1.54, 1.807) is 6.20 Å². The maximum absolute atomic E-state index is 12.5. The van der Waals surface area contributed by atoms with Crippen LogP contribution in [0.5, 0.6) is 5.75 Å². The highest BCUT2D eigenvalue weighted by Gasteiger charge is 2.36. The highest BCUT2D eigenvalue weighted by atomic mass is 16.5. The van der Waals surface area contributed by atoms with Crippen LogP contribution in [0.25, 0.3) is 11.3 Å².